The van der Waals surface area contributed by atoms with Crippen LogP contribution in [0.15, 0.2) is 60.7 Å². The smallest absolute Gasteiger partial charge is 0.409 e. The van der Waals surface area contributed by atoms with E-state index in [-0.39, 0.29) is 12.7 Å². The molecule has 1 saturated carbocycles. The van der Waals surface area contributed by atoms with Crippen molar-refractivity contribution in [3.8, 4) is 16.9 Å². The van der Waals surface area contributed by atoms with Crippen molar-refractivity contribution in [2.45, 2.75) is 83.2 Å². The molecule has 0 radical (unpaired) electrons. The molecule has 0 amide bonds. The normalized spacial score (nSPS) is 19.2. The Morgan fingerprint density at radius 3 is 2.03 bits per heavy atom. The molecule has 0 aliphatic heterocycles. The topological polar surface area (TPSA) is 9.23 Å². The Hall–Kier alpha value is -2.23. The first-order chi connectivity index (χ1) is 15.9. The maximum atomic E-state index is 12.1. The molecule has 0 N–H and O–H groups in total. The second-order valence-corrected chi connectivity index (χ2v) is 9.32. The number of hydrogen-bond acceptors (Lipinski definition) is 1. The Bertz CT molecular complexity index is 829. The minimum Gasteiger partial charge on any atom is -0.490 e. The van der Waals surface area contributed by atoms with Gasteiger partial charge in [-0.2, -0.15) is 13.2 Å². The van der Waals surface area contributed by atoms with Crippen LogP contribution in [0, 0.1) is 5.92 Å². The van der Waals surface area contributed by atoms with Gasteiger partial charge in [-0.3, -0.25) is 0 Å². The van der Waals surface area contributed by atoms with Gasteiger partial charge in [-0.1, -0.05) is 81.8 Å². The number of benzene rings is 2. The highest BCUT2D eigenvalue weighted by Crippen LogP contribution is 2.38. The van der Waals surface area contributed by atoms with Crippen LogP contribution in [-0.2, 0) is 0 Å². The maximum absolute atomic E-state index is 12.1. The van der Waals surface area contributed by atoms with Crippen molar-refractivity contribution in [2.75, 3.05) is 6.61 Å². The fourth-order valence-electron chi connectivity index (χ4n) is 4.84. The third-order valence-corrected chi connectivity index (χ3v) is 6.79. The van der Waals surface area contributed by atoms with Crippen molar-refractivity contribution in [2.24, 2.45) is 5.92 Å². The quantitative estimate of drug-likeness (QED) is 0.241. The number of hydrogen-bond donors (Lipinski definition) is 0. The largest absolute Gasteiger partial charge is 0.490 e. The summed E-state index contributed by atoms with van der Waals surface area (Å²) in [6.45, 7) is 2.17. The molecular formula is C29H37F3O. The lowest BCUT2D eigenvalue weighted by atomic mass is 9.77. The lowest BCUT2D eigenvalue weighted by Gasteiger charge is -2.29. The van der Waals surface area contributed by atoms with Crippen LogP contribution in [-0.4, -0.2) is 12.8 Å². The van der Waals surface area contributed by atoms with E-state index < -0.39 is 6.18 Å². The van der Waals surface area contributed by atoms with E-state index in [0.717, 1.165) is 23.1 Å². The molecule has 0 bridgehead atoms. The zero-order chi connectivity index (χ0) is 23.5. The SMILES string of the molecule is CCCCCCC[C@H]1CC[C@H](c2ccc(-c3ccc(OCC=CC(F)(F)F)cc3)cc2)CC1. The molecule has 1 aliphatic carbocycles. The summed E-state index contributed by atoms with van der Waals surface area (Å²) >= 11 is 0. The third-order valence-electron chi connectivity index (χ3n) is 6.79. The number of allylic oxidation sites excluding steroid dienone is 1. The monoisotopic (exact) mass is 458 g/mol. The van der Waals surface area contributed by atoms with Gasteiger partial charge in [0.15, 0.2) is 0 Å². The van der Waals surface area contributed by atoms with Gasteiger partial charge >= 0.3 is 6.18 Å². The molecule has 0 atom stereocenters. The molecule has 2 aromatic rings. The predicted molar refractivity (Wildman–Crippen MR) is 131 cm³/mol. The summed E-state index contributed by atoms with van der Waals surface area (Å²) in [5, 5.41) is 0. The van der Waals surface area contributed by atoms with Gasteiger partial charge in [0.1, 0.15) is 12.4 Å². The molecule has 1 aliphatic rings. The number of unbranched alkanes of at least 4 members (excludes halogenated alkanes) is 4. The Morgan fingerprint density at radius 1 is 0.818 bits per heavy atom. The van der Waals surface area contributed by atoms with Crippen molar-refractivity contribution in [1.29, 1.82) is 0 Å². The summed E-state index contributed by atoms with van der Waals surface area (Å²) in [5.74, 6) is 2.16. The molecule has 2 aromatic carbocycles. The minimum atomic E-state index is -4.30. The molecule has 0 saturated heterocycles. The van der Waals surface area contributed by atoms with E-state index in [1.807, 2.05) is 12.1 Å². The molecule has 3 rings (SSSR count). The van der Waals surface area contributed by atoms with Gasteiger partial charge in [0.25, 0.3) is 0 Å². The zero-order valence-electron chi connectivity index (χ0n) is 19.7. The highest BCUT2D eigenvalue weighted by molar-refractivity contribution is 5.64. The van der Waals surface area contributed by atoms with Crippen molar-refractivity contribution in [1.82, 2.24) is 0 Å². The lowest BCUT2D eigenvalue weighted by molar-refractivity contribution is -0.0801. The second kappa shape index (κ2) is 12.9. The molecule has 0 unspecified atom stereocenters. The maximum Gasteiger partial charge on any atom is 0.409 e. The van der Waals surface area contributed by atoms with Gasteiger partial charge in [0.05, 0.1) is 0 Å². The Kier molecular flexibility index (Phi) is 9.90. The fourth-order valence-corrected chi connectivity index (χ4v) is 4.84. The molecule has 0 spiro atoms. The molecular weight excluding hydrogens is 421 g/mol. The van der Waals surface area contributed by atoms with Gasteiger partial charge in [-0.05, 0) is 72.4 Å². The first kappa shape index (κ1) is 25.4. The van der Waals surface area contributed by atoms with Crippen LogP contribution in [0.3, 0.4) is 0 Å². The predicted octanol–water partition coefficient (Wildman–Crippen LogP) is 9.49. The van der Waals surface area contributed by atoms with Gasteiger partial charge in [-0.25, -0.2) is 0 Å². The summed E-state index contributed by atoms with van der Waals surface area (Å²) in [6.07, 6.45) is 10.5. The van der Waals surface area contributed by atoms with Crippen LogP contribution in [0.5, 0.6) is 5.75 Å². The number of rotatable bonds is 11. The molecule has 0 aromatic heterocycles. The van der Waals surface area contributed by atoms with E-state index in [4.69, 9.17) is 4.74 Å². The zero-order valence-corrected chi connectivity index (χ0v) is 19.7. The highest BCUT2D eigenvalue weighted by atomic mass is 19.4. The van der Waals surface area contributed by atoms with Crippen LogP contribution in [0.2, 0.25) is 0 Å². The van der Waals surface area contributed by atoms with E-state index in [2.05, 4.69) is 31.2 Å². The number of alkyl halides is 3. The summed E-state index contributed by atoms with van der Waals surface area (Å²) in [5.41, 5.74) is 3.66. The van der Waals surface area contributed by atoms with Crippen LogP contribution in [0.1, 0.15) is 82.6 Å². The Labute approximate surface area is 197 Å². The van der Waals surface area contributed by atoms with Gasteiger partial charge < -0.3 is 4.74 Å². The van der Waals surface area contributed by atoms with E-state index >= 15 is 0 Å². The summed E-state index contributed by atoms with van der Waals surface area (Å²) < 4.78 is 41.7. The lowest BCUT2D eigenvalue weighted by Crippen LogP contribution is -2.13. The van der Waals surface area contributed by atoms with Gasteiger partial charge in [0.2, 0.25) is 0 Å². The molecule has 33 heavy (non-hydrogen) atoms. The van der Waals surface area contributed by atoms with Crippen LogP contribution in [0.25, 0.3) is 11.1 Å². The fraction of sp³-hybridized carbons (Fsp3) is 0.517. The first-order valence-corrected chi connectivity index (χ1v) is 12.5. The van der Waals surface area contributed by atoms with Crippen molar-refractivity contribution < 1.29 is 17.9 Å². The highest BCUT2D eigenvalue weighted by Gasteiger charge is 2.22. The Balaban J connectivity index is 1.44. The van der Waals surface area contributed by atoms with E-state index in [1.54, 1.807) is 12.1 Å². The van der Waals surface area contributed by atoms with Crippen molar-refractivity contribution in [3.63, 3.8) is 0 Å². The van der Waals surface area contributed by atoms with Gasteiger partial charge in [-0.15, -0.1) is 0 Å². The van der Waals surface area contributed by atoms with Crippen LogP contribution >= 0.6 is 0 Å². The van der Waals surface area contributed by atoms with Crippen LogP contribution in [0.4, 0.5) is 13.2 Å². The molecule has 4 heteroatoms. The molecule has 0 heterocycles. The van der Waals surface area contributed by atoms with E-state index in [0.29, 0.717) is 11.7 Å². The minimum absolute atomic E-state index is 0.103. The van der Waals surface area contributed by atoms with Crippen molar-refractivity contribution >= 4 is 0 Å². The molecule has 1 fully saturated rings. The summed E-state index contributed by atoms with van der Waals surface area (Å²) in [7, 11) is 0. The first-order valence-electron chi connectivity index (χ1n) is 12.5. The molecule has 1 nitrogen and oxygen atoms in total. The Morgan fingerprint density at radius 2 is 1.42 bits per heavy atom. The molecule has 180 valence electrons. The summed E-state index contributed by atoms with van der Waals surface area (Å²) in [4.78, 5) is 0. The summed E-state index contributed by atoms with van der Waals surface area (Å²) in [6, 6.07) is 16.4. The number of halogens is 3. The van der Waals surface area contributed by atoms with Gasteiger partial charge in [0, 0.05) is 6.08 Å². The van der Waals surface area contributed by atoms with E-state index in [9.17, 15) is 13.2 Å². The number of ether oxygens (including phenoxy) is 1. The average Bonchev–Trinajstić information content (AvgIpc) is 2.82. The van der Waals surface area contributed by atoms with Crippen LogP contribution < -0.4 is 4.74 Å². The third kappa shape index (κ3) is 8.91. The van der Waals surface area contributed by atoms with E-state index in [1.165, 1.54) is 69.8 Å². The second-order valence-electron chi connectivity index (χ2n) is 9.32. The average molecular weight is 459 g/mol. The van der Waals surface area contributed by atoms with Crippen molar-refractivity contribution in [3.05, 3.63) is 66.2 Å². The standard InChI is InChI=1S/C29H37F3O/c1-2-3-4-5-6-8-23-9-11-24(12-10-23)25-13-15-26(16-14-25)27-17-19-28(20-18-27)33-22-7-21-29(30,31)32/h7,13-21,23-24H,2-6,8-12,22H2,1H3/t23-,24-.